The van der Waals surface area contributed by atoms with Gasteiger partial charge in [0.05, 0.1) is 6.42 Å². The number of aromatic nitrogens is 2. The molecule has 4 nitrogen and oxygen atoms in total. The van der Waals surface area contributed by atoms with Crippen LogP contribution >= 0.6 is 0 Å². The summed E-state index contributed by atoms with van der Waals surface area (Å²) in [7, 11) is 0. The summed E-state index contributed by atoms with van der Waals surface area (Å²) in [5, 5.41) is 10.5. The zero-order valence-electron chi connectivity index (χ0n) is 11.1. The summed E-state index contributed by atoms with van der Waals surface area (Å²) < 4.78 is 1.96. The van der Waals surface area contributed by atoms with Crippen molar-refractivity contribution in [2.45, 2.75) is 64.0 Å². The Balaban J connectivity index is 2.06. The van der Waals surface area contributed by atoms with Gasteiger partial charge in [0.2, 0.25) is 0 Å². The Morgan fingerprint density at radius 1 is 1.39 bits per heavy atom. The number of hydrogen-bond donors (Lipinski definition) is 1. The van der Waals surface area contributed by atoms with Crippen LogP contribution in [-0.4, -0.2) is 26.0 Å². The first-order valence-electron chi connectivity index (χ1n) is 6.91. The molecule has 0 spiro atoms. The van der Waals surface area contributed by atoms with E-state index >= 15 is 0 Å². The number of aliphatic hydroxyl groups is 1. The maximum Gasteiger partial charge on any atom is 0.171 e. The molecular formula is C14H22N2O2. The molecule has 100 valence electrons. The van der Waals surface area contributed by atoms with Gasteiger partial charge in [0.25, 0.3) is 0 Å². The number of imidazole rings is 1. The Bertz CT molecular complexity index is 404. The van der Waals surface area contributed by atoms with Crippen LogP contribution in [0.3, 0.4) is 0 Å². The van der Waals surface area contributed by atoms with E-state index in [1.807, 2.05) is 17.7 Å². The largest absolute Gasteiger partial charge is 0.382 e. The van der Waals surface area contributed by atoms with Crippen molar-refractivity contribution in [1.82, 2.24) is 9.55 Å². The SMILES string of the molecule is CCn1ccnc1CC(=O)C1(O)CCCCCC1. The fourth-order valence-electron chi connectivity index (χ4n) is 2.70. The minimum absolute atomic E-state index is 0.0645. The second-order valence-corrected chi connectivity index (χ2v) is 5.18. The molecule has 0 aromatic carbocycles. The highest BCUT2D eigenvalue weighted by Gasteiger charge is 2.36. The lowest BCUT2D eigenvalue weighted by atomic mass is 9.88. The molecule has 1 heterocycles. The molecule has 1 fully saturated rings. The van der Waals surface area contributed by atoms with Gasteiger partial charge < -0.3 is 9.67 Å². The lowest BCUT2D eigenvalue weighted by Crippen LogP contribution is -2.39. The normalized spacial score (nSPS) is 19.4. The predicted molar refractivity (Wildman–Crippen MR) is 69.3 cm³/mol. The van der Waals surface area contributed by atoms with Crippen LogP contribution in [0.4, 0.5) is 0 Å². The van der Waals surface area contributed by atoms with Crippen LogP contribution in [0.25, 0.3) is 0 Å². The summed E-state index contributed by atoms with van der Waals surface area (Å²) in [6.45, 7) is 2.83. The number of rotatable bonds is 4. The molecular weight excluding hydrogens is 228 g/mol. The summed E-state index contributed by atoms with van der Waals surface area (Å²) in [4.78, 5) is 16.5. The van der Waals surface area contributed by atoms with E-state index < -0.39 is 5.60 Å². The molecule has 1 aliphatic rings. The summed E-state index contributed by atoms with van der Waals surface area (Å²) in [5.74, 6) is 0.700. The maximum atomic E-state index is 12.3. The Hall–Kier alpha value is -1.16. The number of nitrogens with zero attached hydrogens (tertiary/aromatic N) is 2. The van der Waals surface area contributed by atoms with E-state index in [0.29, 0.717) is 12.8 Å². The molecule has 0 atom stereocenters. The average molecular weight is 250 g/mol. The van der Waals surface area contributed by atoms with Crippen LogP contribution in [0.2, 0.25) is 0 Å². The third kappa shape index (κ3) is 2.80. The van der Waals surface area contributed by atoms with E-state index in [1.165, 1.54) is 0 Å². The van der Waals surface area contributed by atoms with Crippen LogP contribution in [-0.2, 0) is 17.8 Å². The molecule has 1 aromatic heterocycles. The highest BCUT2D eigenvalue weighted by molar-refractivity contribution is 5.88. The van der Waals surface area contributed by atoms with Gasteiger partial charge in [0.1, 0.15) is 11.4 Å². The third-order valence-corrected chi connectivity index (χ3v) is 3.91. The van der Waals surface area contributed by atoms with E-state index in [0.717, 1.165) is 38.1 Å². The predicted octanol–water partition coefficient (Wildman–Crippen LogP) is 2.10. The van der Waals surface area contributed by atoms with Gasteiger partial charge in [0, 0.05) is 18.9 Å². The van der Waals surface area contributed by atoms with Gasteiger partial charge in [-0.3, -0.25) is 4.79 Å². The first kappa shape index (κ1) is 13.3. The first-order valence-corrected chi connectivity index (χ1v) is 6.91. The number of carbonyl (C=O) groups excluding carboxylic acids is 1. The van der Waals surface area contributed by atoms with Gasteiger partial charge in [-0.2, -0.15) is 0 Å². The van der Waals surface area contributed by atoms with Crippen LogP contribution in [0.1, 0.15) is 51.3 Å². The van der Waals surface area contributed by atoms with Gasteiger partial charge in [-0.15, -0.1) is 0 Å². The minimum Gasteiger partial charge on any atom is -0.382 e. The fourth-order valence-corrected chi connectivity index (χ4v) is 2.70. The molecule has 0 bridgehead atoms. The minimum atomic E-state index is -1.11. The van der Waals surface area contributed by atoms with E-state index in [1.54, 1.807) is 6.20 Å². The van der Waals surface area contributed by atoms with E-state index in [4.69, 9.17) is 0 Å². The molecule has 4 heteroatoms. The lowest BCUT2D eigenvalue weighted by Gasteiger charge is -2.24. The van der Waals surface area contributed by atoms with Crippen molar-refractivity contribution in [1.29, 1.82) is 0 Å². The van der Waals surface area contributed by atoms with Crippen molar-refractivity contribution in [3.63, 3.8) is 0 Å². The summed E-state index contributed by atoms with van der Waals surface area (Å²) >= 11 is 0. The average Bonchev–Trinajstić information content (AvgIpc) is 2.68. The van der Waals surface area contributed by atoms with E-state index in [-0.39, 0.29) is 12.2 Å². The molecule has 1 N–H and O–H groups in total. The summed E-state index contributed by atoms with van der Waals surface area (Å²) in [6.07, 6.45) is 9.20. The van der Waals surface area contributed by atoms with E-state index in [2.05, 4.69) is 4.98 Å². The van der Waals surface area contributed by atoms with Crippen LogP contribution in [0, 0.1) is 0 Å². The standard InChI is InChI=1S/C14H22N2O2/c1-2-16-10-9-15-13(16)11-12(17)14(18)7-5-3-4-6-8-14/h9-10,18H,2-8,11H2,1H3. The monoisotopic (exact) mass is 250 g/mol. The van der Waals surface area contributed by atoms with Crippen molar-refractivity contribution in [2.24, 2.45) is 0 Å². The Morgan fingerprint density at radius 2 is 2.06 bits per heavy atom. The zero-order valence-corrected chi connectivity index (χ0v) is 11.1. The first-order chi connectivity index (χ1) is 8.65. The molecule has 0 saturated heterocycles. The van der Waals surface area contributed by atoms with Gasteiger partial charge in [0.15, 0.2) is 5.78 Å². The molecule has 0 unspecified atom stereocenters. The molecule has 1 saturated carbocycles. The fraction of sp³-hybridized carbons (Fsp3) is 0.714. The summed E-state index contributed by atoms with van der Waals surface area (Å²) in [6, 6.07) is 0. The van der Waals surface area contributed by atoms with E-state index in [9.17, 15) is 9.90 Å². The van der Waals surface area contributed by atoms with Crippen LogP contribution < -0.4 is 0 Å². The lowest BCUT2D eigenvalue weighted by molar-refractivity contribution is -0.138. The van der Waals surface area contributed by atoms with Crippen molar-refractivity contribution in [2.75, 3.05) is 0 Å². The quantitative estimate of drug-likeness (QED) is 0.833. The molecule has 2 rings (SSSR count). The molecule has 18 heavy (non-hydrogen) atoms. The van der Waals surface area contributed by atoms with Crippen molar-refractivity contribution < 1.29 is 9.90 Å². The number of ketones is 1. The van der Waals surface area contributed by atoms with Crippen molar-refractivity contribution in [3.05, 3.63) is 18.2 Å². The topological polar surface area (TPSA) is 55.1 Å². The van der Waals surface area contributed by atoms with Crippen molar-refractivity contribution in [3.8, 4) is 0 Å². The number of Topliss-reactive ketones (excluding diaryl/α,β-unsaturated/α-hetero) is 1. The third-order valence-electron chi connectivity index (χ3n) is 3.91. The number of aryl methyl sites for hydroxylation is 1. The number of hydrogen-bond acceptors (Lipinski definition) is 3. The summed E-state index contributed by atoms with van der Waals surface area (Å²) in [5.41, 5.74) is -1.11. The van der Waals surface area contributed by atoms with Gasteiger partial charge in [-0.1, -0.05) is 25.7 Å². The van der Waals surface area contributed by atoms with Gasteiger partial charge in [-0.05, 0) is 19.8 Å². The Labute approximate surface area is 108 Å². The highest BCUT2D eigenvalue weighted by Crippen LogP contribution is 2.28. The van der Waals surface area contributed by atoms with Gasteiger partial charge in [-0.25, -0.2) is 4.98 Å². The molecule has 0 amide bonds. The zero-order chi connectivity index (χ0) is 13.0. The van der Waals surface area contributed by atoms with Gasteiger partial charge >= 0.3 is 0 Å². The van der Waals surface area contributed by atoms with Crippen molar-refractivity contribution >= 4 is 5.78 Å². The molecule has 1 aromatic rings. The highest BCUT2D eigenvalue weighted by atomic mass is 16.3. The van der Waals surface area contributed by atoms with Crippen LogP contribution in [0.15, 0.2) is 12.4 Å². The Morgan fingerprint density at radius 3 is 2.67 bits per heavy atom. The Kier molecular flexibility index (Phi) is 4.17. The van der Waals surface area contributed by atoms with Crippen LogP contribution in [0.5, 0.6) is 0 Å². The molecule has 0 aliphatic heterocycles. The second kappa shape index (κ2) is 5.65. The maximum absolute atomic E-state index is 12.3. The smallest absolute Gasteiger partial charge is 0.171 e. The number of carbonyl (C=O) groups is 1. The second-order valence-electron chi connectivity index (χ2n) is 5.18. The molecule has 1 aliphatic carbocycles. The molecule has 0 radical (unpaired) electrons.